The van der Waals surface area contributed by atoms with Crippen LogP contribution in [0.15, 0.2) is 6.20 Å². The van der Waals surface area contributed by atoms with Gasteiger partial charge in [-0.1, -0.05) is 0 Å². The number of hydrogen-bond donors (Lipinski definition) is 0. The van der Waals surface area contributed by atoms with E-state index in [1.54, 1.807) is 0 Å². The number of alkyl halides is 6. The molecule has 0 radical (unpaired) electrons. The van der Waals surface area contributed by atoms with Crippen molar-refractivity contribution in [3.8, 4) is 5.75 Å². The second kappa shape index (κ2) is 4.51. The fraction of sp³-hybridized carbons (Fsp3) is 0.286. The summed E-state index contributed by atoms with van der Waals surface area (Å²) in [7, 11) is 0. The zero-order valence-electron chi connectivity index (χ0n) is 8.34. The number of hydrogen-bond acceptors (Lipinski definition) is 4. The molecule has 1 aromatic heterocycles. The van der Waals surface area contributed by atoms with Gasteiger partial charge in [0.05, 0.1) is 0 Å². The summed E-state index contributed by atoms with van der Waals surface area (Å²) in [6.07, 6.45) is -11.5. The second-order valence-electron chi connectivity index (χ2n) is 2.94. The zero-order chi connectivity index (χ0) is 15.0. The van der Waals surface area contributed by atoms with E-state index in [0.29, 0.717) is 0 Å². The first-order valence-electron chi connectivity index (χ1n) is 4.09. The van der Waals surface area contributed by atoms with Crippen LogP contribution in [0.4, 0.5) is 36.6 Å². The molecule has 1 aromatic rings. The van der Waals surface area contributed by atoms with Crippen LogP contribution >= 0.6 is 0 Å². The fourth-order valence-corrected chi connectivity index (χ4v) is 1.07. The molecule has 0 unspecified atom stereocenters. The molecule has 106 valence electrons. The Labute approximate surface area is 98.3 Å². The lowest BCUT2D eigenvalue weighted by atomic mass is 10.2. The Hall–Kier alpha value is -2.14. The van der Waals surface area contributed by atoms with Crippen molar-refractivity contribution in [3.63, 3.8) is 0 Å². The molecule has 0 spiro atoms. The average molecular weight is 294 g/mol. The highest BCUT2D eigenvalue weighted by molar-refractivity contribution is 5.48. The quantitative estimate of drug-likeness (QED) is 0.477. The molecule has 5 nitrogen and oxygen atoms in total. The predicted octanol–water partition coefficient (Wildman–Crippen LogP) is 3.05. The number of nitro groups is 1. The summed E-state index contributed by atoms with van der Waals surface area (Å²) in [5.41, 5.74) is -2.55. The van der Waals surface area contributed by atoms with Crippen LogP contribution in [0.2, 0.25) is 0 Å². The molecule has 0 atom stereocenters. The van der Waals surface area contributed by atoms with Crippen molar-refractivity contribution in [1.29, 1.82) is 0 Å². The molecule has 0 aliphatic carbocycles. The third-order valence-electron chi connectivity index (χ3n) is 1.64. The van der Waals surface area contributed by atoms with Crippen molar-refractivity contribution in [2.75, 3.05) is 0 Å². The first-order chi connectivity index (χ1) is 8.43. The molecule has 0 amide bonds. The van der Waals surface area contributed by atoms with E-state index in [1.165, 1.54) is 0 Å². The van der Waals surface area contributed by atoms with Crippen LogP contribution in [0.1, 0.15) is 5.56 Å². The number of aromatic nitrogens is 1. The fourth-order valence-electron chi connectivity index (χ4n) is 1.07. The van der Waals surface area contributed by atoms with Crippen LogP contribution in [-0.2, 0) is 6.18 Å². The molecular weight excluding hydrogens is 293 g/mol. The molecule has 0 saturated carbocycles. The van der Waals surface area contributed by atoms with Crippen molar-refractivity contribution in [2.45, 2.75) is 12.5 Å². The summed E-state index contributed by atoms with van der Waals surface area (Å²) in [6, 6.07) is 0. The Morgan fingerprint density at radius 2 is 1.74 bits per heavy atom. The van der Waals surface area contributed by atoms with E-state index in [2.05, 4.69) is 9.72 Å². The average Bonchev–Trinajstić information content (AvgIpc) is 2.11. The van der Waals surface area contributed by atoms with Crippen LogP contribution in [0.3, 0.4) is 0 Å². The van der Waals surface area contributed by atoms with Crippen LogP contribution in [-0.4, -0.2) is 16.3 Å². The summed E-state index contributed by atoms with van der Waals surface area (Å²) < 4.78 is 88.7. The van der Waals surface area contributed by atoms with Gasteiger partial charge in [0.2, 0.25) is 5.75 Å². The summed E-state index contributed by atoms with van der Waals surface area (Å²) in [4.78, 5) is 11.2. The van der Waals surface area contributed by atoms with Crippen LogP contribution in [0.5, 0.6) is 5.75 Å². The predicted molar refractivity (Wildman–Crippen MR) is 42.5 cm³/mol. The van der Waals surface area contributed by atoms with Gasteiger partial charge in [0.25, 0.3) is 0 Å². The van der Waals surface area contributed by atoms with Gasteiger partial charge in [0.1, 0.15) is 5.56 Å². The van der Waals surface area contributed by atoms with Gasteiger partial charge in [0.15, 0.2) is 12.0 Å². The molecule has 0 fully saturated rings. The maximum absolute atomic E-state index is 12.9. The molecule has 1 rings (SSSR count). The molecule has 0 saturated heterocycles. The van der Waals surface area contributed by atoms with Crippen LogP contribution in [0.25, 0.3) is 0 Å². The highest BCUT2D eigenvalue weighted by atomic mass is 19.4. The summed E-state index contributed by atoms with van der Waals surface area (Å²) in [5.74, 6) is -6.46. The normalized spacial score (nSPS) is 12.4. The first kappa shape index (κ1) is 14.9. The standard InChI is InChI=1S/C7HF7N2O3/c8-2-1-15-5(16(17)18)4(19-7(12,13)14)3(2)6(9,10)11/h1H. The van der Waals surface area contributed by atoms with Gasteiger partial charge < -0.3 is 14.9 Å². The minimum atomic E-state index is -5.68. The van der Waals surface area contributed by atoms with Gasteiger partial charge >= 0.3 is 18.4 Å². The Bertz CT molecular complexity index is 511. The second-order valence-corrected chi connectivity index (χ2v) is 2.94. The number of rotatable bonds is 2. The summed E-state index contributed by atoms with van der Waals surface area (Å²) >= 11 is 0. The van der Waals surface area contributed by atoms with E-state index in [0.717, 1.165) is 0 Å². The minimum absolute atomic E-state index is 0.218. The number of ether oxygens (including phenoxy) is 1. The number of nitrogens with zero attached hydrogens (tertiary/aromatic N) is 2. The Morgan fingerprint density at radius 3 is 2.11 bits per heavy atom. The van der Waals surface area contributed by atoms with Crippen molar-refractivity contribution >= 4 is 5.82 Å². The van der Waals surface area contributed by atoms with Gasteiger partial charge in [0, 0.05) is 0 Å². The summed E-state index contributed by atoms with van der Waals surface area (Å²) in [6.45, 7) is 0. The van der Waals surface area contributed by atoms with Crippen LogP contribution < -0.4 is 4.74 Å². The van der Waals surface area contributed by atoms with Gasteiger partial charge in [-0.2, -0.15) is 13.2 Å². The van der Waals surface area contributed by atoms with Crippen molar-refractivity contribution in [2.24, 2.45) is 0 Å². The van der Waals surface area contributed by atoms with Crippen molar-refractivity contribution in [3.05, 3.63) is 27.7 Å². The molecule has 1 heterocycles. The van der Waals surface area contributed by atoms with E-state index in [-0.39, 0.29) is 6.20 Å². The van der Waals surface area contributed by atoms with E-state index < -0.39 is 40.4 Å². The SMILES string of the molecule is O=[N+]([O-])c1ncc(F)c(C(F)(F)F)c1OC(F)(F)F. The smallest absolute Gasteiger partial charge is 0.396 e. The Kier molecular flexibility index (Phi) is 3.54. The zero-order valence-corrected chi connectivity index (χ0v) is 8.34. The Balaban J connectivity index is 3.60. The van der Waals surface area contributed by atoms with E-state index >= 15 is 0 Å². The maximum atomic E-state index is 12.9. The largest absolute Gasteiger partial charge is 0.573 e. The van der Waals surface area contributed by atoms with Gasteiger partial charge in [-0.3, -0.25) is 0 Å². The Morgan fingerprint density at radius 1 is 1.21 bits per heavy atom. The number of halogens is 7. The maximum Gasteiger partial charge on any atom is 0.573 e. The highest BCUT2D eigenvalue weighted by Gasteiger charge is 2.46. The monoisotopic (exact) mass is 294 g/mol. The molecular formula is C7HF7N2O3. The van der Waals surface area contributed by atoms with Gasteiger partial charge in [-0.15, -0.1) is 13.2 Å². The lowest BCUT2D eigenvalue weighted by Crippen LogP contribution is -2.22. The molecule has 0 aromatic carbocycles. The molecule has 19 heavy (non-hydrogen) atoms. The van der Waals surface area contributed by atoms with Gasteiger partial charge in [-0.25, -0.2) is 4.39 Å². The highest BCUT2D eigenvalue weighted by Crippen LogP contribution is 2.43. The topological polar surface area (TPSA) is 65.3 Å². The number of pyridine rings is 1. The third-order valence-corrected chi connectivity index (χ3v) is 1.64. The van der Waals surface area contributed by atoms with E-state index in [4.69, 9.17) is 0 Å². The van der Waals surface area contributed by atoms with E-state index in [9.17, 15) is 40.8 Å². The van der Waals surface area contributed by atoms with Crippen molar-refractivity contribution < 1.29 is 40.4 Å². The molecule has 12 heteroatoms. The van der Waals surface area contributed by atoms with Crippen molar-refractivity contribution in [1.82, 2.24) is 4.98 Å². The third kappa shape index (κ3) is 3.42. The lowest BCUT2D eigenvalue weighted by molar-refractivity contribution is -0.393. The molecule has 0 bridgehead atoms. The summed E-state index contributed by atoms with van der Waals surface area (Å²) in [5, 5.41) is 10.3. The first-order valence-corrected chi connectivity index (χ1v) is 4.09. The van der Waals surface area contributed by atoms with E-state index in [1.807, 2.05) is 0 Å². The molecule has 0 N–H and O–H groups in total. The molecule has 0 aliphatic heterocycles. The minimum Gasteiger partial charge on any atom is -0.396 e. The van der Waals surface area contributed by atoms with Crippen LogP contribution in [0, 0.1) is 15.9 Å². The molecule has 0 aliphatic rings. The van der Waals surface area contributed by atoms with Gasteiger partial charge in [-0.05, 0) is 9.91 Å². The lowest BCUT2D eigenvalue weighted by Gasteiger charge is -2.14.